The molecule has 1 aliphatic rings. The quantitative estimate of drug-likeness (QED) is 0.605. The fraction of sp³-hybridized carbons (Fsp3) is 0.231. The summed E-state index contributed by atoms with van der Waals surface area (Å²) in [6.07, 6.45) is 0.102. The van der Waals surface area contributed by atoms with Gasteiger partial charge < -0.3 is 10.1 Å². The number of anilines is 2. The fourth-order valence-electron chi connectivity index (χ4n) is 4.24. The van der Waals surface area contributed by atoms with Crippen LogP contribution in [0.25, 0.3) is 0 Å². The molecule has 5 heteroatoms. The van der Waals surface area contributed by atoms with Crippen molar-refractivity contribution in [3.63, 3.8) is 0 Å². The standard InChI is InChI=1S/C26H26N2O3/c1-17-9-14-23(19(3)15-17)28-24(29)16-26(28,20-10-12-21(31-4)13-11-20)25(30)27-22-8-6-5-7-18(22)2/h5-15H,16H2,1-4H3,(H,27,30)/t26-/m1/s1. The molecule has 2 amide bonds. The summed E-state index contributed by atoms with van der Waals surface area (Å²) in [7, 11) is 1.60. The number of β-lactam (4-membered cyclic amide) rings is 1. The average molecular weight is 415 g/mol. The van der Waals surface area contributed by atoms with Crippen LogP contribution in [0.3, 0.4) is 0 Å². The van der Waals surface area contributed by atoms with E-state index in [0.29, 0.717) is 5.75 Å². The molecule has 0 unspecified atom stereocenters. The zero-order valence-corrected chi connectivity index (χ0v) is 18.2. The SMILES string of the molecule is COc1ccc([C@@]2(C(=O)Nc3ccccc3C)CC(=O)N2c2ccc(C)cc2C)cc1. The number of hydrogen-bond donors (Lipinski definition) is 1. The number of ether oxygens (including phenoxy) is 1. The van der Waals surface area contributed by atoms with Crippen molar-refractivity contribution in [2.75, 3.05) is 17.3 Å². The molecule has 0 aromatic heterocycles. The number of rotatable bonds is 5. The lowest BCUT2D eigenvalue weighted by Gasteiger charge is -2.51. The van der Waals surface area contributed by atoms with E-state index >= 15 is 0 Å². The van der Waals surface area contributed by atoms with Gasteiger partial charge in [-0.1, -0.05) is 48.0 Å². The van der Waals surface area contributed by atoms with Gasteiger partial charge in [0.1, 0.15) is 5.75 Å². The summed E-state index contributed by atoms with van der Waals surface area (Å²) in [5.41, 5.74) is 4.12. The highest BCUT2D eigenvalue weighted by molar-refractivity contribution is 6.17. The largest absolute Gasteiger partial charge is 0.497 e. The minimum absolute atomic E-state index is 0.0808. The van der Waals surface area contributed by atoms with Gasteiger partial charge >= 0.3 is 0 Å². The van der Waals surface area contributed by atoms with Gasteiger partial charge in [-0.3, -0.25) is 14.5 Å². The number of methoxy groups -OCH3 is 1. The van der Waals surface area contributed by atoms with Crippen LogP contribution in [-0.2, 0) is 15.1 Å². The van der Waals surface area contributed by atoms with Crippen LogP contribution < -0.4 is 15.0 Å². The molecule has 5 nitrogen and oxygen atoms in total. The molecule has 0 radical (unpaired) electrons. The van der Waals surface area contributed by atoms with Crippen molar-refractivity contribution in [2.45, 2.75) is 32.7 Å². The third-order valence-corrected chi connectivity index (χ3v) is 5.97. The predicted molar refractivity (Wildman–Crippen MR) is 122 cm³/mol. The number of carbonyl (C=O) groups is 2. The molecule has 3 aromatic carbocycles. The van der Waals surface area contributed by atoms with E-state index in [9.17, 15) is 9.59 Å². The molecule has 1 heterocycles. The predicted octanol–water partition coefficient (Wildman–Crippen LogP) is 4.89. The van der Waals surface area contributed by atoms with Crippen LogP contribution in [0, 0.1) is 20.8 Å². The first-order valence-corrected chi connectivity index (χ1v) is 10.3. The molecule has 1 N–H and O–H groups in total. The minimum Gasteiger partial charge on any atom is -0.497 e. The molecule has 0 spiro atoms. The molecule has 1 saturated heterocycles. The van der Waals surface area contributed by atoms with Crippen LogP contribution in [0.1, 0.15) is 28.7 Å². The molecule has 158 valence electrons. The van der Waals surface area contributed by atoms with Crippen molar-refractivity contribution in [1.29, 1.82) is 0 Å². The Bertz CT molecular complexity index is 1150. The van der Waals surface area contributed by atoms with Crippen molar-refractivity contribution in [3.05, 3.63) is 89.0 Å². The fourth-order valence-corrected chi connectivity index (χ4v) is 4.24. The van der Waals surface area contributed by atoms with Crippen molar-refractivity contribution < 1.29 is 14.3 Å². The Hall–Kier alpha value is -3.60. The van der Waals surface area contributed by atoms with Gasteiger partial charge in [0.25, 0.3) is 5.91 Å². The summed E-state index contributed by atoms with van der Waals surface area (Å²) in [6, 6.07) is 20.9. The molecule has 0 bridgehead atoms. The number of carbonyl (C=O) groups excluding carboxylic acids is 2. The number of nitrogens with zero attached hydrogens (tertiary/aromatic N) is 1. The molecule has 4 rings (SSSR count). The van der Waals surface area contributed by atoms with Crippen molar-refractivity contribution in [1.82, 2.24) is 0 Å². The Balaban J connectivity index is 1.83. The summed E-state index contributed by atoms with van der Waals surface area (Å²) in [5, 5.41) is 3.07. The topological polar surface area (TPSA) is 58.6 Å². The molecule has 0 saturated carbocycles. The van der Waals surface area contributed by atoms with Gasteiger partial charge in [0.15, 0.2) is 5.54 Å². The number of hydrogen-bond acceptors (Lipinski definition) is 3. The lowest BCUT2D eigenvalue weighted by atomic mass is 9.75. The Kier molecular flexibility index (Phi) is 5.27. The summed E-state index contributed by atoms with van der Waals surface area (Å²) in [4.78, 5) is 28.4. The maximum Gasteiger partial charge on any atom is 0.255 e. The van der Waals surface area contributed by atoms with E-state index in [4.69, 9.17) is 4.74 Å². The van der Waals surface area contributed by atoms with Crippen LogP contribution >= 0.6 is 0 Å². The zero-order chi connectivity index (χ0) is 22.2. The number of amides is 2. The van der Waals surface area contributed by atoms with Crippen LogP contribution in [0.15, 0.2) is 66.7 Å². The van der Waals surface area contributed by atoms with Gasteiger partial charge in [0.2, 0.25) is 5.91 Å². The molecular weight excluding hydrogens is 388 g/mol. The number of para-hydroxylation sites is 1. The Morgan fingerprint density at radius 1 is 0.968 bits per heavy atom. The Morgan fingerprint density at radius 3 is 2.29 bits per heavy atom. The van der Waals surface area contributed by atoms with E-state index < -0.39 is 5.54 Å². The van der Waals surface area contributed by atoms with E-state index in [0.717, 1.165) is 33.6 Å². The van der Waals surface area contributed by atoms with E-state index in [-0.39, 0.29) is 18.2 Å². The highest BCUT2D eigenvalue weighted by atomic mass is 16.5. The third-order valence-electron chi connectivity index (χ3n) is 5.97. The molecule has 31 heavy (non-hydrogen) atoms. The van der Waals surface area contributed by atoms with Crippen LogP contribution in [-0.4, -0.2) is 18.9 Å². The van der Waals surface area contributed by atoms with E-state index in [1.54, 1.807) is 12.0 Å². The first-order valence-electron chi connectivity index (χ1n) is 10.3. The summed E-state index contributed by atoms with van der Waals surface area (Å²) >= 11 is 0. The zero-order valence-electron chi connectivity index (χ0n) is 18.2. The number of aryl methyl sites for hydroxylation is 3. The molecule has 1 aliphatic heterocycles. The lowest BCUT2D eigenvalue weighted by Crippen LogP contribution is -2.67. The Labute approximate surface area is 182 Å². The van der Waals surface area contributed by atoms with E-state index in [2.05, 4.69) is 5.32 Å². The van der Waals surface area contributed by atoms with Gasteiger partial charge in [-0.2, -0.15) is 0 Å². The summed E-state index contributed by atoms with van der Waals surface area (Å²) in [6.45, 7) is 5.92. The highest BCUT2D eigenvalue weighted by Crippen LogP contribution is 2.47. The second kappa shape index (κ2) is 7.91. The van der Waals surface area contributed by atoms with Crippen molar-refractivity contribution >= 4 is 23.2 Å². The monoisotopic (exact) mass is 414 g/mol. The van der Waals surface area contributed by atoms with Crippen molar-refractivity contribution in [2.24, 2.45) is 0 Å². The first kappa shape index (κ1) is 20.7. The smallest absolute Gasteiger partial charge is 0.255 e. The van der Waals surface area contributed by atoms with Gasteiger partial charge in [-0.25, -0.2) is 0 Å². The van der Waals surface area contributed by atoms with Crippen LogP contribution in [0.4, 0.5) is 11.4 Å². The molecule has 3 aromatic rings. The first-order chi connectivity index (χ1) is 14.9. The van der Waals surface area contributed by atoms with Gasteiger partial charge in [0, 0.05) is 11.4 Å². The number of benzene rings is 3. The number of nitrogens with one attached hydrogen (secondary N) is 1. The highest BCUT2D eigenvalue weighted by Gasteiger charge is 2.58. The summed E-state index contributed by atoms with van der Waals surface area (Å²) in [5.74, 6) is 0.385. The molecular formula is C26H26N2O3. The maximum atomic E-state index is 13.8. The molecule has 1 atom stereocenters. The minimum atomic E-state index is -1.13. The van der Waals surface area contributed by atoms with Gasteiger partial charge in [-0.05, 0) is 61.7 Å². The van der Waals surface area contributed by atoms with Crippen LogP contribution in [0.2, 0.25) is 0 Å². The van der Waals surface area contributed by atoms with Gasteiger partial charge in [0.05, 0.1) is 13.5 Å². The average Bonchev–Trinajstić information content (AvgIpc) is 2.75. The van der Waals surface area contributed by atoms with E-state index in [1.165, 1.54) is 0 Å². The van der Waals surface area contributed by atoms with E-state index in [1.807, 2.05) is 87.5 Å². The van der Waals surface area contributed by atoms with Gasteiger partial charge in [-0.15, -0.1) is 0 Å². The third kappa shape index (κ3) is 3.46. The maximum absolute atomic E-state index is 13.8. The van der Waals surface area contributed by atoms with Crippen LogP contribution in [0.5, 0.6) is 5.75 Å². The second-order valence-electron chi connectivity index (χ2n) is 8.05. The Morgan fingerprint density at radius 2 is 1.68 bits per heavy atom. The summed E-state index contributed by atoms with van der Waals surface area (Å²) < 4.78 is 5.29. The molecule has 1 fully saturated rings. The molecule has 0 aliphatic carbocycles. The second-order valence-corrected chi connectivity index (χ2v) is 8.05. The lowest BCUT2D eigenvalue weighted by molar-refractivity contribution is -0.137. The normalized spacial score (nSPS) is 17.8. The van der Waals surface area contributed by atoms with Crippen molar-refractivity contribution in [3.8, 4) is 5.75 Å².